The van der Waals surface area contributed by atoms with E-state index in [0.717, 1.165) is 10.6 Å². The zero-order valence-corrected chi connectivity index (χ0v) is 16.8. The van der Waals surface area contributed by atoms with Crippen LogP contribution in [-0.4, -0.2) is 29.5 Å². The van der Waals surface area contributed by atoms with Crippen molar-refractivity contribution in [3.63, 3.8) is 0 Å². The fourth-order valence-corrected chi connectivity index (χ4v) is 3.62. The van der Waals surface area contributed by atoms with Crippen molar-refractivity contribution in [3.05, 3.63) is 76.6 Å². The molecule has 0 radical (unpaired) electrons. The highest BCUT2D eigenvalue weighted by Crippen LogP contribution is 2.33. The van der Waals surface area contributed by atoms with Crippen molar-refractivity contribution in [2.24, 2.45) is 0 Å². The Bertz CT molecular complexity index is 1540. The zero-order valence-electron chi connectivity index (χ0n) is 16.8. The molecular weight excluding hydrogens is 437 g/mol. The number of fused-ring (bicyclic) bond motifs is 2. The first kappa shape index (κ1) is 20.4. The van der Waals surface area contributed by atoms with Crippen LogP contribution in [0.15, 0.2) is 59.7 Å². The Kier molecular flexibility index (Phi) is 4.69. The minimum Gasteiger partial charge on any atom is -0.368 e. The number of nitrogens with two attached hydrogens (primary N) is 1. The highest BCUT2D eigenvalue weighted by atomic mass is 19.4. The van der Waals surface area contributed by atoms with E-state index >= 15 is 0 Å². The Morgan fingerprint density at radius 2 is 1.82 bits per heavy atom. The van der Waals surface area contributed by atoms with E-state index in [9.17, 15) is 18.0 Å². The molecule has 0 spiro atoms. The van der Waals surface area contributed by atoms with Crippen molar-refractivity contribution < 1.29 is 13.2 Å². The first-order valence-electron chi connectivity index (χ1n) is 9.70. The molecule has 5 aromatic rings. The van der Waals surface area contributed by atoms with Gasteiger partial charge in [0.1, 0.15) is 11.3 Å². The van der Waals surface area contributed by atoms with Crippen molar-refractivity contribution in [1.82, 2.24) is 29.5 Å². The standard InChI is InChI=1S/C21H15F3N8O/c22-21(23,24)12-7-4-8-13-15(12)19(33)32(11-5-2-1-3-6-11)14(29-13)9-26-17-16-18(28-10-27-16)31-20(25)30-17/h1-8,10H,9H2,(H4,25,26,27,28,30,31). The van der Waals surface area contributed by atoms with Crippen LogP contribution in [0.5, 0.6) is 0 Å². The van der Waals surface area contributed by atoms with Gasteiger partial charge in [-0.15, -0.1) is 0 Å². The lowest BCUT2D eigenvalue weighted by Crippen LogP contribution is -2.27. The summed E-state index contributed by atoms with van der Waals surface area (Å²) >= 11 is 0. The predicted octanol–water partition coefficient (Wildman–Crippen LogP) is 3.27. The van der Waals surface area contributed by atoms with Gasteiger partial charge in [-0.25, -0.2) is 9.97 Å². The topological polar surface area (TPSA) is 127 Å². The number of halogens is 3. The molecule has 166 valence electrons. The van der Waals surface area contributed by atoms with Crippen molar-refractivity contribution in [3.8, 4) is 5.69 Å². The van der Waals surface area contributed by atoms with Crippen LogP contribution >= 0.6 is 0 Å². The smallest absolute Gasteiger partial charge is 0.368 e. The Labute approximate surface area is 183 Å². The highest BCUT2D eigenvalue weighted by Gasteiger charge is 2.34. The van der Waals surface area contributed by atoms with E-state index in [-0.39, 0.29) is 23.8 Å². The lowest BCUT2D eigenvalue weighted by atomic mass is 10.1. The second kappa shape index (κ2) is 7.58. The van der Waals surface area contributed by atoms with Gasteiger partial charge in [0.15, 0.2) is 11.5 Å². The second-order valence-electron chi connectivity index (χ2n) is 7.09. The third-order valence-electron chi connectivity index (χ3n) is 5.00. The normalized spacial score (nSPS) is 11.8. The minimum absolute atomic E-state index is 0.0150. The molecule has 5 rings (SSSR count). The third-order valence-corrected chi connectivity index (χ3v) is 5.00. The third kappa shape index (κ3) is 3.60. The number of H-pyrrole nitrogens is 1. The van der Waals surface area contributed by atoms with Crippen LogP contribution in [0.4, 0.5) is 24.9 Å². The molecule has 0 aliphatic heterocycles. The monoisotopic (exact) mass is 452 g/mol. The summed E-state index contributed by atoms with van der Waals surface area (Å²) in [5, 5.41) is 2.53. The van der Waals surface area contributed by atoms with Gasteiger partial charge in [0, 0.05) is 0 Å². The van der Waals surface area contributed by atoms with E-state index in [1.807, 2.05) is 0 Å². The molecular formula is C21H15F3N8O. The number of imidazole rings is 1. The molecule has 33 heavy (non-hydrogen) atoms. The maximum atomic E-state index is 13.6. The summed E-state index contributed by atoms with van der Waals surface area (Å²) in [5.41, 5.74) is 5.01. The Hall–Kier alpha value is -4.48. The van der Waals surface area contributed by atoms with Gasteiger partial charge in [-0.2, -0.15) is 23.1 Å². The van der Waals surface area contributed by atoms with Crippen LogP contribution in [0.3, 0.4) is 0 Å². The van der Waals surface area contributed by atoms with Gasteiger partial charge in [0.25, 0.3) is 5.56 Å². The van der Waals surface area contributed by atoms with Crippen LogP contribution in [0.2, 0.25) is 0 Å². The molecule has 0 bridgehead atoms. The van der Waals surface area contributed by atoms with E-state index < -0.39 is 22.7 Å². The summed E-state index contributed by atoms with van der Waals surface area (Å²) in [6, 6.07) is 11.8. The summed E-state index contributed by atoms with van der Waals surface area (Å²) in [5.74, 6) is 0.481. The van der Waals surface area contributed by atoms with E-state index in [0.29, 0.717) is 22.7 Å². The first-order valence-corrected chi connectivity index (χ1v) is 9.70. The number of hydrogen-bond acceptors (Lipinski definition) is 7. The maximum absolute atomic E-state index is 13.6. The van der Waals surface area contributed by atoms with Gasteiger partial charge in [-0.1, -0.05) is 24.3 Å². The second-order valence-corrected chi connectivity index (χ2v) is 7.09. The quantitative estimate of drug-likeness (QED) is 0.382. The number of aromatic nitrogens is 6. The summed E-state index contributed by atoms with van der Waals surface area (Å²) in [6.45, 7) is -0.0408. The average molecular weight is 452 g/mol. The van der Waals surface area contributed by atoms with Crippen LogP contribution in [0.25, 0.3) is 27.8 Å². The van der Waals surface area contributed by atoms with Crippen molar-refractivity contribution in [1.29, 1.82) is 0 Å². The van der Waals surface area contributed by atoms with Crippen LogP contribution < -0.4 is 16.6 Å². The summed E-state index contributed by atoms with van der Waals surface area (Å²) in [7, 11) is 0. The number of nitrogen functional groups attached to an aromatic ring is 1. The van der Waals surface area contributed by atoms with Gasteiger partial charge >= 0.3 is 6.18 Å². The number of para-hydroxylation sites is 1. The first-order chi connectivity index (χ1) is 15.8. The minimum atomic E-state index is -4.71. The molecule has 0 aliphatic rings. The number of benzene rings is 2. The largest absolute Gasteiger partial charge is 0.417 e. The highest BCUT2D eigenvalue weighted by molar-refractivity contribution is 5.84. The number of nitrogens with zero attached hydrogens (tertiary/aromatic N) is 5. The Balaban J connectivity index is 1.69. The zero-order chi connectivity index (χ0) is 23.2. The number of nitrogens with one attached hydrogen (secondary N) is 2. The molecule has 9 nitrogen and oxygen atoms in total. The van der Waals surface area contributed by atoms with Crippen molar-refractivity contribution in [2.45, 2.75) is 12.7 Å². The molecule has 3 aromatic heterocycles. The van der Waals surface area contributed by atoms with Gasteiger partial charge in [0.05, 0.1) is 35.0 Å². The molecule has 0 atom stereocenters. The fourth-order valence-electron chi connectivity index (χ4n) is 3.62. The number of aromatic amines is 1. The molecule has 0 saturated heterocycles. The van der Waals surface area contributed by atoms with Crippen molar-refractivity contribution >= 4 is 33.8 Å². The van der Waals surface area contributed by atoms with Crippen LogP contribution in [-0.2, 0) is 12.7 Å². The predicted molar refractivity (Wildman–Crippen MR) is 116 cm³/mol. The van der Waals surface area contributed by atoms with Crippen molar-refractivity contribution in [2.75, 3.05) is 11.1 Å². The van der Waals surface area contributed by atoms with Gasteiger partial charge in [0.2, 0.25) is 5.95 Å². The number of rotatable bonds is 4. The Morgan fingerprint density at radius 1 is 1.03 bits per heavy atom. The summed E-state index contributed by atoms with van der Waals surface area (Å²) < 4.78 is 42.1. The fraction of sp³-hybridized carbons (Fsp3) is 0.0952. The SMILES string of the molecule is Nc1nc(NCc2nc3cccc(C(F)(F)F)c3c(=O)n2-c2ccccc2)c2[nH]cnc2n1. The van der Waals surface area contributed by atoms with Crippen LogP contribution in [0.1, 0.15) is 11.4 Å². The van der Waals surface area contributed by atoms with E-state index in [1.54, 1.807) is 30.3 Å². The summed E-state index contributed by atoms with van der Waals surface area (Å²) in [6.07, 6.45) is -3.28. The molecule has 0 fully saturated rings. The number of alkyl halides is 3. The molecule has 4 N–H and O–H groups in total. The lowest BCUT2D eigenvalue weighted by Gasteiger charge is -2.17. The van der Waals surface area contributed by atoms with E-state index in [2.05, 4.69) is 30.2 Å². The molecule has 12 heteroatoms. The molecule has 0 unspecified atom stereocenters. The molecule has 3 heterocycles. The van der Waals surface area contributed by atoms with Gasteiger partial charge < -0.3 is 16.0 Å². The van der Waals surface area contributed by atoms with Gasteiger partial charge in [-0.05, 0) is 24.3 Å². The molecule has 0 amide bonds. The Morgan fingerprint density at radius 3 is 2.58 bits per heavy atom. The van der Waals surface area contributed by atoms with Crippen LogP contribution in [0, 0.1) is 0 Å². The molecule has 0 aliphatic carbocycles. The van der Waals surface area contributed by atoms with E-state index in [4.69, 9.17) is 5.73 Å². The number of hydrogen-bond donors (Lipinski definition) is 3. The molecule has 2 aromatic carbocycles. The molecule has 0 saturated carbocycles. The maximum Gasteiger partial charge on any atom is 0.417 e. The number of anilines is 2. The van der Waals surface area contributed by atoms with Gasteiger partial charge in [-0.3, -0.25) is 9.36 Å². The summed E-state index contributed by atoms with van der Waals surface area (Å²) in [4.78, 5) is 32.9. The lowest BCUT2D eigenvalue weighted by molar-refractivity contribution is -0.136. The van der Waals surface area contributed by atoms with E-state index in [1.165, 1.54) is 18.5 Å². The average Bonchev–Trinajstić information content (AvgIpc) is 3.25.